The summed E-state index contributed by atoms with van der Waals surface area (Å²) in [5, 5.41) is 2.97. The van der Waals surface area contributed by atoms with Crippen molar-refractivity contribution in [2.24, 2.45) is 0 Å². The fourth-order valence-electron chi connectivity index (χ4n) is 2.67. The SMILES string of the molecule is Cc1ccc(S(=O)(=O)Nc2ccc(C(=O)NCCCn3ccnc3)c(Cl)c2)cc1. The first-order chi connectivity index (χ1) is 13.8. The van der Waals surface area contributed by atoms with Gasteiger partial charge in [-0.05, 0) is 43.7 Å². The van der Waals surface area contributed by atoms with Crippen LogP contribution in [0.5, 0.6) is 0 Å². The summed E-state index contributed by atoms with van der Waals surface area (Å²) in [5.41, 5.74) is 1.53. The van der Waals surface area contributed by atoms with Gasteiger partial charge in [-0.3, -0.25) is 9.52 Å². The molecule has 0 aliphatic heterocycles. The van der Waals surface area contributed by atoms with Gasteiger partial charge < -0.3 is 9.88 Å². The Bertz CT molecular complexity index is 1080. The van der Waals surface area contributed by atoms with E-state index in [0.29, 0.717) is 6.54 Å². The molecule has 0 aliphatic carbocycles. The van der Waals surface area contributed by atoms with Crippen LogP contribution in [-0.4, -0.2) is 30.4 Å². The highest BCUT2D eigenvalue weighted by Gasteiger charge is 2.16. The van der Waals surface area contributed by atoms with Gasteiger partial charge in [-0.1, -0.05) is 29.3 Å². The molecule has 9 heteroatoms. The predicted molar refractivity (Wildman–Crippen MR) is 113 cm³/mol. The average Bonchev–Trinajstić information content (AvgIpc) is 3.19. The number of aryl methyl sites for hydroxylation is 2. The van der Waals surface area contributed by atoms with Gasteiger partial charge in [-0.2, -0.15) is 0 Å². The van der Waals surface area contributed by atoms with Gasteiger partial charge in [0, 0.05) is 25.5 Å². The number of anilines is 1. The molecular formula is C20H21ClN4O3S. The maximum Gasteiger partial charge on any atom is 0.261 e. The average molecular weight is 433 g/mol. The number of halogens is 1. The molecule has 0 saturated heterocycles. The third kappa shape index (κ3) is 5.58. The highest BCUT2D eigenvalue weighted by atomic mass is 35.5. The van der Waals surface area contributed by atoms with E-state index in [0.717, 1.165) is 18.5 Å². The molecule has 0 radical (unpaired) electrons. The van der Waals surface area contributed by atoms with E-state index in [9.17, 15) is 13.2 Å². The lowest BCUT2D eigenvalue weighted by atomic mass is 10.2. The minimum Gasteiger partial charge on any atom is -0.352 e. The van der Waals surface area contributed by atoms with Crippen molar-refractivity contribution in [2.45, 2.75) is 24.8 Å². The minimum atomic E-state index is -3.74. The Morgan fingerprint density at radius 3 is 2.59 bits per heavy atom. The van der Waals surface area contributed by atoms with E-state index in [1.807, 2.05) is 17.7 Å². The molecule has 0 bridgehead atoms. The Labute approximate surface area is 174 Å². The third-order valence-electron chi connectivity index (χ3n) is 4.24. The van der Waals surface area contributed by atoms with E-state index in [4.69, 9.17) is 11.6 Å². The van der Waals surface area contributed by atoms with Crippen molar-refractivity contribution in [3.8, 4) is 0 Å². The van der Waals surface area contributed by atoms with Crippen molar-refractivity contribution in [3.63, 3.8) is 0 Å². The summed E-state index contributed by atoms with van der Waals surface area (Å²) in [7, 11) is -3.74. The maximum atomic E-state index is 12.5. The number of sulfonamides is 1. The van der Waals surface area contributed by atoms with E-state index >= 15 is 0 Å². The van der Waals surface area contributed by atoms with Crippen molar-refractivity contribution >= 4 is 33.2 Å². The highest BCUT2D eigenvalue weighted by molar-refractivity contribution is 7.92. The van der Waals surface area contributed by atoms with Gasteiger partial charge >= 0.3 is 0 Å². The number of imidazole rings is 1. The maximum absolute atomic E-state index is 12.5. The number of carbonyl (C=O) groups is 1. The zero-order valence-electron chi connectivity index (χ0n) is 15.8. The topological polar surface area (TPSA) is 93.1 Å². The van der Waals surface area contributed by atoms with E-state index in [2.05, 4.69) is 15.0 Å². The second kappa shape index (κ2) is 9.11. The van der Waals surface area contributed by atoms with Crippen molar-refractivity contribution in [1.82, 2.24) is 14.9 Å². The molecule has 1 aromatic heterocycles. The number of nitrogens with zero attached hydrogens (tertiary/aromatic N) is 2. The summed E-state index contributed by atoms with van der Waals surface area (Å²) < 4.78 is 29.4. The van der Waals surface area contributed by atoms with Crippen molar-refractivity contribution in [3.05, 3.63) is 77.3 Å². The molecule has 0 aliphatic rings. The summed E-state index contributed by atoms with van der Waals surface area (Å²) in [6.07, 6.45) is 6.02. The molecule has 1 heterocycles. The molecule has 0 fully saturated rings. The monoisotopic (exact) mass is 432 g/mol. The van der Waals surface area contributed by atoms with Gasteiger partial charge in [-0.25, -0.2) is 13.4 Å². The van der Waals surface area contributed by atoms with Crippen molar-refractivity contribution in [2.75, 3.05) is 11.3 Å². The summed E-state index contributed by atoms with van der Waals surface area (Å²) >= 11 is 6.21. The van der Waals surface area contributed by atoms with Crippen LogP contribution in [0, 0.1) is 6.92 Å². The van der Waals surface area contributed by atoms with Crippen LogP contribution in [0.25, 0.3) is 0 Å². The van der Waals surface area contributed by atoms with Crippen LogP contribution in [0.2, 0.25) is 5.02 Å². The second-order valence-corrected chi connectivity index (χ2v) is 8.61. The Morgan fingerprint density at radius 2 is 1.93 bits per heavy atom. The van der Waals surface area contributed by atoms with Crippen LogP contribution in [0.3, 0.4) is 0 Å². The smallest absolute Gasteiger partial charge is 0.261 e. The van der Waals surface area contributed by atoms with E-state index < -0.39 is 10.0 Å². The molecule has 0 saturated carbocycles. The Hall–Kier alpha value is -2.84. The lowest BCUT2D eigenvalue weighted by Gasteiger charge is -2.11. The molecule has 7 nitrogen and oxygen atoms in total. The summed E-state index contributed by atoms with van der Waals surface area (Å²) in [5.74, 6) is -0.312. The molecule has 0 spiro atoms. The van der Waals surface area contributed by atoms with Gasteiger partial charge in [0.05, 0.1) is 27.5 Å². The minimum absolute atomic E-state index is 0.152. The number of aromatic nitrogens is 2. The number of benzene rings is 2. The van der Waals surface area contributed by atoms with E-state index in [-0.39, 0.29) is 27.1 Å². The summed E-state index contributed by atoms with van der Waals surface area (Å²) in [6, 6.07) is 10.9. The molecular weight excluding hydrogens is 412 g/mol. The third-order valence-corrected chi connectivity index (χ3v) is 5.94. The highest BCUT2D eigenvalue weighted by Crippen LogP contribution is 2.23. The normalized spacial score (nSPS) is 11.2. The van der Waals surface area contributed by atoms with Crippen molar-refractivity contribution in [1.29, 1.82) is 0 Å². The van der Waals surface area contributed by atoms with E-state index in [1.165, 1.54) is 30.3 Å². The lowest BCUT2D eigenvalue weighted by molar-refractivity contribution is 0.0953. The van der Waals surface area contributed by atoms with Gasteiger partial charge in [0.2, 0.25) is 0 Å². The fourth-order valence-corrected chi connectivity index (χ4v) is 3.99. The number of amides is 1. The Kier molecular flexibility index (Phi) is 6.56. The van der Waals surface area contributed by atoms with E-state index in [1.54, 1.807) is 24.7 Å². The second-order valence-electron chi connectivity index (χ2n) is 6.52. The largest absolute Gasteiger partial charge is 0.352 e. The van der Waals surface area contributed by atoms with Crippen molar-refractivity contribution < 1.29 is 13.2 Å². The number of nitrogens with one attached hydrogen (secondary N) is 2. The molecule has 29 heavy (non-hydrogen) atoms. The number of carbonyl (C=O) groups excluding carboxylic acids is 1. The van der Waals surface area contributed by atoms with Gasteiger partial charge in [-0.15, -0.1) is 0 Å². The molecule has 152 valence electrons. The first kappa shape index (κ1) is 20.9. The van der Waals surface area contributed by atoms with Gasteiger partial charge in [0.25, 0.3) is 15.9 Å². The van der Waals surface area contributed by atoms with Crippen LogP contribution in [0.15, 0.2) is 66.1 Å². The first-order valence-corrected chi connectivity index (χ1v) is 10.8. The molecule has 2 N–H and O–H groups in total. The van der Waals surface area contributed by atoms with Crippen LogP contribution in [0.4, 0.5) is 5.69 Å². The molecule has 2 aromatic carbocycles. The number of hydrogen-bond donors (Lipinski definition) is 2. The Balaban J connectivity index is 1.60. The molecule has 3 aromatic rings. The van der Waals surface area contributed by atoms with Crippen LogP contribution in [0.1, 0.15) is 22.3 Å². The molecule has 3 rings (SSSR count). The number of hydrogen-bond acceptors (Lipinski definition) is 4. The van der Waals surface area contributed by atoms with Crippen LogP contribution >= 0.6 is 11.6 Å². The predicted octanol–water partition coefficient (Wildman–Crippen LogP) is 3.47. The van der Waals surface area contributed by atoms with Gasteiger partial charge in [0.1, 0.15) is 0 Å². The fraction of sp³-hybridized carbons (Fsp3) is 0.200. The van der Waals surface area contributed by atoms with Gasteiger partial charge in [0.15, 0.2) is 0 Å². The standard InChI is InChI=1S/C20H21ClN4O3S/c1-15-3-6-17(7-4-15)29(27,28)24-16-5-8-18(19(21)13-16)20(26)23-9-2-11-25-12-10-22-14-25/h3-8,10,12-14,24H,2,9,11H2,1H3,(H,23,26). The van der Waals surface area contributed by atoms with Crippen LogP contribution in [-0.2, 0) is 16.6 Å². The zero-order chi connectivity index (χ0) is 20.9. The van der Waals surface area contributed by atoms with Crippen LogP contribution < -0.4 is 10.0 Å². The summed E-state index contributed by atoms with van der Waals surface area (Å²) in [6.45, 7) is 3.11. The zero-order valence-corrected chi connectivity index (χ0v) is 17.4. The Morgan fingerprint density at radius 1 is 1.17 bits per heavy atom. The molecule has 0 unspecified atom stereocenters. The number of rotatable bonds is 8. The first-order valence-electron chi connectivity index (χ1n) is 8.98. The molecule has 1 amide bonds. The molecule has 0 atom stereocenters. The lowest BCUT2D eigenvalue weighted by Crippen LogP contribution is -2.25. The summed E-state index contributed by atoms with van der Waals surface area (Å²) in [4.78, 5) is 16.4. The quantitative estimate of drug-likeness (QED) is 0.533.